The van der Waals surface area contributed by atoms with E-state index in [0.29, 0.717) is 13.2 Å². The minimum Gasteiger partial charge on any atom is -0.378 e. The van der Waals surface area contributed by atoms with Crippen LogP contribution in [0.15, 0.2) is 58.5 Å². The summed E-state index contributed by atoms with van der Waals surface area (Å²) in [6.07, 6.45) is -0.391. The SMILES string of the molecule is Cc1ccc(C)c(NC2N=C(N)N=C(N3CCOCC3)N2c2ccccc2)c1. The first-order valence-electron chi connectivity index (χ1n) is 9.54. The zero-order chi connectivity index (χ0) is 19.5. The van der Waals surface area contributed by atoms with Crippen molar-refractivity contribution in [2.75, 3.05) is 36.5 Å². The van der Waals surface area contributed by atoms with Gasteiger partial charge in [0.05, 0.1) is 13.2 Å². The van der Waals surface area contributed by atoms with Crippen molar-refractivity contribution in [2.45, 2.75) is 20.1 Å². The number of nitrogens with one attached hydrogen (secondary N) is 1. The first-order chi connectivity index (χ1) is 13.6. The van der Waals surface area contributed by atoms with Crippen LogP contribution in [0.3, 0.4) is 0 Å². The highest BCUT2D eigenvalue weighted by atomic mass is 16.5. The third-order valence-corrected chi connectivity index (χ3v) is 4.94. The van der Waals surface area contributed by atoms with Gasteiger partial charge in [0.15, 0.2) is 0 Å². The largest absolute Gasteiger partial charge is 0.378 e. The van der Waals surface area contributed by atoms with Crippen molar-refractivity contribution in [3.05, 3.63) is 59.7 Å². The van der Waals surface area contributed by atoms with E-state index < -0.39 is 6.29 Å². The molecule has 2 aliphatic heterocycles. The van der Waals surface area contributed by atoms with Gasteiger partial charge in [0, 0.05) is 24.5 Å². The van der Waals surface area contributed by atoms with Gasteiger partial charge in [-0.25, -0.2) is 4.99 Å². The van der Waals surface area contributed by atoms with Crippen LogP contribution in [0, 0.1) is 13.8 Å². The third-order valence-electron chi connectivity index (χ3n) is 4.94. The highest BCUT2D eigenvalue weighted by Gasteiger charge is 2.32. The van der Waals surface area contributed by atoms with E-state index in [2.05, 4.69) is 69.3 Å². The van der Waals surface area contributed by atoms with Crippen molar-refractivity contribution in [3.8, 4) is 0 Å². The average molecular weight is 378 g/mol. The lowest BCUT2D eigenvalue weighted by Gasteiger charge is -2.41. The number of ether oxygens (including phenoxy) is 1. The Bertz CT molecular complexity index is 889. The average Bonchev–Trinajstić information content (AvgIpc) is 2.71. The van der Waals surface area contributed by atoms with Crippen molar-refractivity contribution in [1.29, 1.82) is 0 Å². The second-order valence-corrected chi connectivity index (χ2v) is 7.04. The third kappa shape index (κ3) is 3.80. The lowest BCUT2D eigenvalue weighted by Crippen LogP contribution is -2.57. The Kier molecular flexibility index (Phi) is 5.16. The topological polar surface area (TPSA) is 78.5 Å². The number of hydrogen-bond donors (Lipinski definition) is 2. The lowest BCUT2D eigenvalue weighted by molar-refractivity contribution is 0.0671. The fourth-order valence-corrected chi connectivity index (χ4v) is 3.44. The van der Waals surface area contributed by atoms with Crippen LogP contribution in [-0.4, -0.2) is 49.4 Å². The second-order valence-electron chi connectivity index (χ2n) is 7.04. The van der Waals surface area contributed by atoms with Gasteiger partial charge in [0.1, 0.15) is 0 Å². The highest BCUT2D eigenvalue weighted by Crippen LogP contribution is 2.25. The molecule has 0 radical (unpaired) electrons. The van der Waals surface area contributed by atoms with Crippen LogP contribution in [-0.2, 0) is 4.74 Å². The standard InChI is InChI=1S/C21H26N6O/c1-15-8-9-16(2)18(14-15)23-20-24-19(22)25-21(26-10-12-28-13-11-26)27(20)17-6-4-3-5-7-17/h3-9,14,20,23H,10-13H2,1-2H3,(H2,22,24). The van der Waals surface area contributed by atoms with Gasteiger partial charge in [-0.2, -0.15) is 4.99 Å². The summed E-state index contributed by atoms with van der Waals surface area (Å²) in [7, 11) is 0. The summed E-state index contributed by atoms with van der Waals surface area (Å²) in [5.74, 6) is 1.07. The van der Waals surface area contributed by atoms with Crippen LogP contribution in [0.25, 0.3) is 0 Å². The summed E-state index contributed by atoms with van der Waals surface area (Å²) >= 11 is 0. The van der Waals surface area contributed by atoms with Gasteiger partial charge in [0.2, 0.25) is 18.2 Å². The molecule has 0 aromatic heterocycles. The van der Waals surface area contributed by atoms with E-state index in [1.807, 2.05) is 18.2 Å². The number of rotatable bonds is 3. The Morgan fingerprint density at radius 2 is 1.82 bits per heavy atom. The maximum absolute atomic E-state index is 6.12. The number of benzene rings is 2. The monoisotopic (exact) mass is 378 g/mol. The number of para-hydroxylation sites is 1. The summed E-state index contributed by atoms with van der Waals surface area (Å²) in [6.45, 7) is 7.05. The molecule has 0 aliphatic carbocycles. The van der Waals surface area contributed by atoms with Gasteiger partial charge in [-0.1, -0.05) is 30.3 Å². The van der Waals surface area contributed by atoms with Crippen molar-refractivity contribution in [2.24, 2.45) is 15.7 Å². The molecule has 4 rings (SSSR count). The van der Waals surface area contributed by atoms with Crippen molar-refractivity contribution in [3.63, 3.8) is 0 Å². The van der Waals surface area contributed by atoms with Crippen molar-refractivity contribution >= 4 is 23.3 Å². The highest BCUT2D eigenvalue weighted by molar-refractivity contribution is 6.06. The Labute approximate surface area is 165 Å². The number of aryl methyl sites for hydroxylation is 2. The van der Waals surface area contributed by atoms with Gasteiger partial charge in [0.25, 0.3) is 0 Å². The van der Waals surface area contributed by atoms with Gasteiger partial charge in [-0.3, -0.25) is 4.90 Å². The predicted octanol–water partition coefficient (Wildman–Crippen LogP) is 2.52. The molecule has 146 valence electrons. The molecule has 0 spiro atoms. The second kappa shape index (κ2) is 7.90. The van der Waals surface area contributed by atoms with E-state index in [-0.39, 0.29) is 5.96 Å². The number of guanidine groups is 2. The number of aliphatic imine (C=N–C) groups is 2. The van der Waals surface area contributed by atoms with E-state index in [1.165, 1.54) is 5.56 Å². The zero-order valence-corrected chi connectivity index (χ0v) is 16.3. The maximum Gasteiger partial charge on any atom is 0.222 e. The van der Waals surface area contributed by atoms with Crippen molar-refractivity contribution < 1.29 is 4.74 Å². The first kappa shape index (κ1) is 18.3. The van der Waals surface area contributed by atoms with E-state index in [1.54, 1.807) is 0 Å². The van der Waals surface area contributed by atoms with Crippen molar-refractivity contribution in [1.82, 2.24) is 4.90 Å². The minimum absolute atomic E-state index is 0.275. The van der Waals surface area contributed by atoms with E-state index in [0.717, 1.165) is 36.0 Å². The Morgan fingerprint density at radius 1 is 1.07 bits per heavy atom. The van der Waals surface area contributed by atoms with Gasteiger partial charge < -0.3 is 20.7 Å². The summed E-state index contributed by atoms with van der Waals surface area (Å²) in [6, 6.07) is 16.5. The molecule has 2 aromatic carbocycles. The molecule has 0 saturated carbocycles. The Morgan fingerprint density at radius 3 is 2.57 bits per heavy atom. The van der Waals surface area contributed by atoms with E-state index in [4.69, 9.17) is 10.5 Å². The summed E-state index contributed by atoms with van der Waals surface area (Å²) < 4.78 is 5.52. The van der Waals surface area contributed by atoms with Crippen LogP contribution in [0.5, 0.6) is 0 Å². The number of hydrogen-bond acceptors (Lipinski definition) is 7. The molecule has 2 heterocycles. The predicted molar refractivity (Wildman–Crippen MR) is 114 cm³/mol. The number of morpholine rings is 1. The molecule has 7 nitrogen and oxygen atoms in total. The van der Waals surface area contributed by atoms with Gasteiger partial charge >= 0.3 is 0 Å². The molecule has 1 unspecified atom stereocenters. The lowest BCUT2D eigenvalue weighted by atomic mass is 10.1. The van der Waals surface area contributed by atoms with E-state index in [9.17, 15) is 0 Å². The number of anilines is 2. The molecule has 3 N–H and O–H groups in total. The van der Waals surface area contributed by atoms with Gasteiger partial charge in [-0.15, -0.1) is 0 Å². The molecule has 28 heavy (non-hydrogen) atoms. The fraction of sp³-hybridized carbons (Fsp3) is 0.333. The zero-order valence-electron chi connectivity index (χ0n) is 16.3. The fourth-order valence-electron chi connectivity index (χ4n) is 3.44. The molecule has 1 saturated heterocycles. The smallest absolute Gasteiger partial charge is 0.222 e. The summed E-state index contributed by atoms with van der Waals surface area (Å²) in [4.78, 5) is 13.5. The first-order valence-corrected chi connectivity index (χ1v) is 9.54. The van der Waals surface area contributed by atoms with Gasteiger partial charge in [-0.05, 0) is 43.2 Å². The summed E-state index contributed by atoms with van der Waals surface area (Å²) in [5, 5.41) is 3.56. The molecule has 0 bridgehead atoms. The van der Waals surface area contributed by atoms with Crippen LogP contribution in [0.4, 0.5) is 11.4 Å². The quantitative estimate of drug-likeness (QED) is 0.858. The number of nitrogens with two attached hydrogens (primary N) is 1. The normalized spacial score (nSPS) is 19.9. The maximum atomic E-state index is 6.12. The van der Waals surface area contributed by atoms with Crippen LogP contribution < -0.4 is 16.0 Å². The number of nitrogens with zero attached hydrogens (tertiary/aromatic N) is 4. The Hall–Kier alpha value is -3.06. The van der Waals surface area contributed by atoms with Crippen LogP contribution in [0.2, 0.25) is 0 Å². The minimum atomic E-state index is -0.391. The molecule has 1 fully saturated rings. The van der Waals surface area contributed by atoms with Crippen LogP contribution >= 0.6 is 0 Å². The molecule has 7 heteroatoms. The molecule has 0 amide bonds. The molecule has 2 aliphatic rings. The molecular weight excluding hydrogens is 352 g/mol. The molecule has 1 atom stereocenters. The Balaban J connectivity index is 1.73. The molecular formula is C21H26N6O. The van der Waals surface area contributed by atoms with Crippen LogP contribution in [0.1, 0.15) is 11.1 Å². The summed E-state index contributed by atoms with van der Waals surface area (Å²) in [5.41, 5.74) is 10.5. The van der Waals surface area contributed by atoms with E-state index >= 15 is 0 Å². The molecule has 2 aromatic rings.